The second-order valence-electron chi connectivity index (χ2n) is 4.71. The van der Waals surface area contributed by atoms with E-state index in [1.165, 1.54) is 6.92 Å². The first-order valence-corrected chi connectivity index (χ1v) is 6.82. The summed E-state index contributed by atoms with van der Waals surface area (Å²) in [5, 5.41) is 65.6. The molecule has 0 spiro atoms. The standard InChI is InChI=1S/C6H8O7.C4H8O3.C3H6O3/c7-3(8)1-6(13,5(11)12)2-4(9)10;5-3-1-2-4(6)7;1-2(4)3(5)6/h13H,1-2H2,(H,7,8)(H,9,10)(H,11,12);5H,1-3H2,(H,6,7);2,4H,1H3,(H,5,6). The molecule has 0 aromatic carbocycles. The molecule has 13 nitrogen and oxygen atoms in total. The summed E-state index contributed by atoms with van der Waals surface area (Å²) in [7, 11) is 0. The first-order valence-electron chi connectivity index (χ1n) is 6.82. The first kappa shape index (κ1) is 28.1. The van der Waals surface area contributed by atoms with Crippen molar-refractivity contribution in [1.82, 2.24) is 0 Å². The van der Waals surface area contributed by atoms with E-state index in [0.29, 0.717) is 6.42 Å². The second kappa shape index (κ2) is 14.6. The van der Waals surface area contributed by atoms with E-state index in [-0.39, 0.29) is 13.0 Å². The van der Waals surface area contributed by atoms with Crippen LogP contribution in [0.3, 0.4) is 0 Å². The molecular weight excluding hydrogens is 364 g/mol. The topological polar surface area (TPSA) is 247 Å². The zero-order chi connectivity index (χ0) is 21.5. The minimum Gasteiger partial charge on any atom is -0.481 e. The van der Waals surface area contributed by atoms with Crippen LogP contribution in [0.2, 0.25) is 0 Å². The number of carboxylic acid groups (broad SMARTS) is 5. The van der Waals surface area contributed by atoms with Gasteiger partial charge in [-0.25, -0.2) is 9.59 Å². The average Bonchev–Trinajstić information content (AvgIpc) is 2.44. The zero-order valence-corrected chi connectivity index (χ0v) is 13.7. The maximum Gasteiger partial charge on any atom is 0.336 e. The van der Waals surface area contributed by atoms with Gasteiger partial charge in [-0.1, -0.05) is 0 Å². The van der Waals surface area contributed by atoms with Gasteiger partial charge in [0.2, 0.25) is 0 Å². The molecular formula is C13H22O13. The van der Waals surface area contributed by atoms with Crippen molar-refractivity contribution in [2.24, 2.45) is 0 Å². The van der Waals surface area contributed by atoms with Crippen molar-refractivity contribution in [3.05, 3.63) is 0 Å². The van der Waals surface area contributed by atoms with Gasteiger partial charge < -0.3 is 40.9 Å². The highest BCUT2D eigenvalue weighted by molar-refractivity contribution is 5.88. The molecule has 0 aliphatic carbocycles. The van der Waals surface area contributed by atoms with E-state index in [9.17, 15) is 24.0 Å². The molecule has 0 radical (unpaired) electrons. The fourth-order valence-corrected chi connectivity index (χ4v) is 0.944. The average molecular weight is 386 g/mol. The van der Waals surface area contributed by atoms with E-state index in [4.69, 9.17) is 40.9 Å². The molecule has 0 amide bonds. The quantitative estimate of drug-likeness (QED) is 0.215. The van der Waals surface area contributed by atoms with Crippen LogP contribution >= 0.6 is 0 Å². The summed E-state index contributed by atoms with van der Waals surface area (Å²) in [5.74, 6) is -7.06. The Labute approximate surface area is 146 Å². The van der Waals surface area contributed by atoms with Crippen LogP contribution in [0.4, 0.5) is 0 Å². The van der Waals surface area contributed by atoms with Crippen LogP contribution in [0.25, 0.3) is 0 Å². The van der Waals surface area contributed by atoms with Crippen LogP contribution in [-0.2, 0) is 24.0 Å². The Hall–Kier alpha value is -2.77. The highest BCUT2D eigenvalue weighted by Gasteiger charge is 2.40. The van der Waals surface area contributed by atoms with Gasteiger partial charge in [0.25, 0.3) is 0 Å². The zero-order valence-electron chi connectivity index (χ0n) is 13.7. The number of carbonyl (C=O) groups is 5. The Balaban J connectivity index is -0.000000342. The van der Waals surface area contributed by atoms with Crippen LogP contribution in [0.1, 0.15) is 32.6 Å². The van der Waals surface area contributed by atoms with Gasteiger partial charge in [0, 0.05) is 13.0 Å². The minimum atomic E-state index is -2.74. The number of hydrogen-bond acceptors (Lipinski definition) is 8. The fourth-order valence-electron chi connectivity index (χ4n) is 0.944. The molecule has 8 N–H and O–H groups in total. The summed E-state index contributed by atoms with van der Waals surface area (Å²) in [4.78, 5) is 49.6. The SMILES string of the molecule is CC(O)C(=O)O.O=C(O)CC(O)(CC(=O)O)C(=O)O.O=C(O)CCCO. The molecule has 0 rings (SSSR count). The van der Waals surface area contributed by atoms with Gasteiger partial charge >= 0.3 is 29.8 Å². The van der Waals surface area contributed by atoms with Gasteiger partial charge in [0.1, 0.15) is 6.10 Å². The monoisotopic (exact) mass is 386 g/mol. The van der Waals surface area contributed by atoms with Crippen molar-refractivity contribution in [2.45, 2.75) is 44.3 Å². The molecule has 1 unspecified atom stereocenters. The molecule has 1 atom stereocenters. The van der Waals surface area contributed by atoms with E-state index in [2.05, 4.69) is 0 Å². The lowest BCUT2D eigenvalue weighted by Gasteiger charge is -2.18. The Bertz CT molecular complexity index is 466. The van der Waals surface area contributed by atoms with E-state index < -0.39 is 54.4 Å². The Morgan fingerprint density at radius 3 is 1.31 bits per heavy atom. The molecule has 0 aromatic heterocycles. The fraction of sp³-hybridized carbons (Fsp3) is 0.615. The van der Waals surface area contributed by atoms with Crippen LogP contribution in [0.15, 0.2) is 0 Å². The maximum absolute atomic E-state index is 10.3. The molecule has 0 bridgehead atoms. The highest BCUT2D eigenvalue weighted by atomic mass is 16.4. The number of carboxylic acids is 5. The summed E-state index contributed by atoms with van der Waals surface area (Å²) in [6.45, 7) is 1.16. The van der Waals surface area contributed by atoms with Gasteiger partial charge in [-0.2, -0.15) is 0 Å². The number of rotatable bonds is 9. The predicted molar refractivity (Wildman–Crippen MR) is 80.4 cm³/mol. The lowest BCUT2D eigenvalue weighted by molar-refractivity contribution is -0.170. The summed E-state index contributed by atoms with van der Waals surface area (Å²) in [6, 6.07) is 0. The summed E-state index contributed by atoms with van der Waals surface area (Å²) in [5.41, 5.74) is -2.74. The van der Waals surface area contributed by atoms with E-state index in [1.54, 1.807) is 0 Å². The number of aliphatic carboxylic acids is 5. The van der Waals surface area contributed by atoms with E-state index >= 15 is 0 Å². The molecule has 13 heteroatoms. The Kier molecular flexibility index (Phi) is 15.7. The number of aliphatic hydroxyl groups excluding tert-OH is 2. The molecule has 0 aliphatic heterocycles. The van der Waals surface area contributed by atoms with Crippen molar-refractivity contribution < 1.29 is 64.8 Å². The maximum atomic E-state index is 10.3. The molecule has 152 valence electrons. The van der Waals surface area contributed by atoms with Crippen molar-refractivity contribution in [1.29, 1.82) is 0 Å². The summed E-state index contributed by atoms with van der Waals surface area (Å²) < 4.78 is 0. The summed E-state index contributed by atoms with van der Waals surface area (Å²) in [6.07, 6.45) is -3.10. The third-order valence-corrected chi connectivity index (χ3v) is 2.19. The highest BCUT2D eigenvalue weighted by Crippen LogP contribution is 2.15. The molecule has 26 heavy (non-hydrogen) atoms. The van der Waals surface area contributed by atoms with E-state index in [0.717, 1.165) is 0 Å². The predicted octanol–water partition coefficient (Wildman–Crippen LogP) is -1.95. The van der Waals surface area contributed by atoms with Crippen molar-refractivity contribution >= 4 is 29.8 Å². The van der Waals surface area contributed by atoms with Gasteiger partial charge in [0.15, 0.2) is 5.60 Å². The van der Waals surface area contributed by atoms with Crippen LogP contribution in [0.5, 0.6) is 0 Å². The lowest BCUT2D eigenvalue weighted by Crippen LogP contribution is -2.42. The lowest BCUT2D eigenvalue weighted by atomic mass is 9.96. The van der Waals surface area contributed by atoms with Crippen LogP contribution < -0.4 is 0 Å². The molecule has 0 saturated carbocycles. The number of hydrogen-bond donors (Lipinski definition) is 8. The van der Waals surface area contributed by atoms with Gasteiger partial charge in [-0.15, -0.1) is 0 Å². The first-order chi connectivity index (χ1) is 11.7. The van der Waals surface area contributed by atoms with E-state index in [1.807, 2.05) is 0 Å². The molecule has 0 aliphatic rings. The molecule has 0 saturated heterocycles. The Morgan fingerprint density at radius 2 is 1.19 bits per heavy atom. The van der Waals surface area contributed by atoms with Crippen molar-refractivity contribution in [3.63, 3.8) is 0 Å². The smallest absolute Gasteiger partial charge is 0.336 e. The Morgan fingerprint density at radius 1 is 0.846 bits per heavy atom. The van der Waals surface area contributed by atoms with Gasteiger partial charge in [-0.05, 0) is 13.3 Å². The van der Waals surface area contributed by atoms with Crippen molar-refractivity contribution in [2.75, 3.05) is 6.61 Å². The minimum absolute atomic E-state index is 0.0354. The van der Waals surface area contributed by atoms with Crippen molar-refractivity contribution in [3.8, 4) is 0 Å². The van der Waals surface area contributed by atoms with Crippen LogP contribution in [-0.4, -0.2) is 89.0 Å². The third-order valence-electron chi connectivity index (χ3n) is 2.19. The van der Waals surface area contributed by atoms with Gasteiger partial charge in [0.05, 0.1) is 12.8 Å². The summed E-state index contributed by atoms with van der Waals surface area (Å²) >= 11 is 0. The van der Waals surface area contributed by atoms with Gasteiger partial charge in [-0.3, -0.25) is 14.4 Å². The molecule has 0 aromatic rings. The largest absolute Gasteiger partial charge is 0.481 e. The second-order valence-corrected chi connectivity index (χ2v) is 4.71. The van der Waals surface area contributed by atoms with Crippen LogP contribution in [0, 0.1) is 0 Å². The molecule has 0 heterocycles. The molecule has 0 fully saturated rings. The normalized spacial score (nSPS) is 10.9. The number of aliphatic hydroxyl groups is 3. The third kappa shape index (κ3) is 19.3.